The van der Waals surface area contributed by atoms with E-state index < -0.39 is 0 Å². The van der Waals surface area contributed by atoms with Crippen LogP contribution in [0.25, 0.3) is 0 Å². The Morgan fingerprint density at radius 3 is 2.63 bits per heavy atom. The molecule has 1 aromatic carbocycles. The fourth-order valence-electron chi connectivity index (χ4n) is 1.97. The van der Waals surface area contributed by atoms with E-state index in [0.717, 1.165) is 35.0 Å². The minimum atomic E-state index is 0.209. The van der Waals surface area contributed by atoms with Crippen molar-refractivity contribution >= 4 is 15.9 Å². The molecule has 108 valence electrons. The summed E-state index contributed by atoms with van der Waals surface area (Å²) < 4.78 is 11.7. The van der Waals surface area contributed by atoms with Gasteiger partial charge in [-0.25, -0.2) is 0 Å². The Labute approximate surface area is 123 Å². The van der Waals surface area contributed by atoms with Crippen molar-refractivity contribution in [1.82, 2.24) is 5.43 Å². The molecular formula is C14H23BrN2O2. The van der Waals surface area contributed by atoms with Gasteiger partial charge in [-0.1, -0.05) is 15.9 Å². The van der Waals surface area contributed by atoms with Gasteiger partial charge in [-0.05, 0) is 49.9 Å². The molecule has 0 heterocycles. The zero-order chi connectivity index (χ0) is 14.3. The maximum Gasteiger partial charge on any atom is 0.122 e. The highest BCUT2D eigenvalue weighted by molar-refractivity contribution is 9.10. The summed E-state index contributed by atoms with van der Waals surface area (Å²) in [5.41, 5.74) is 4.02. The van der Waals surface area contributed by atoms with E-state index in [0.29, 0.717) is 0 Å². The predicted molar refractivity (Wildman–Crippen MR) is 81.2 cm³/mol. The molecule has 0 radical (unpaired) electrons. The van der Waals surface area contributed by atoms with Crippen LogP contribution in [-0.4, -0.2) is 26.4 Å². The Kier molecular flexibility index (Phi) is 7.38. The van der Waals surface area contributed by atoms with Crippen molar-refractivity contribution in [3.63, 3.8) is 0 Å². The number of halogens is 1. The second-order valence-corrected chi connectivity index (χ2v) is 5.56. The van der Waals surface area contributed by atoms with Crippen LogP contribution in [-0.2, 0) is 11.2 Å². The average molecular weight is 331 g/mol. The number of rotatable bonds is 8. The van der Waals surface area contributed by atoms with E-state index in [2.05, 4.69) is 34.3 Å². The number of hydrazine groups is 1. The van der Waals surface area contributed by atoms with Crippen LogP contribution in [0, 0.1) is 0 Å². The van der Waals surface area contributed by atoms with Gasteiger partial charge in [0.05, 0.1) is 13.2 Å². The van der Waals surface area contributed by atoms with Crippen LogP contribution in [0.15, 0.2) is 22.7 Å². The van der Waals surface area contributed by atoms with Crippen LogP contribution in [0.1, 0.15) is 25.3 Å². The second-order valence-electron chi connectivity index (χ2n) is 4.65. The van der Waals surface area contributed by atoms with Crippen molar-refractivity contribution in [3.8, 4) is 5.75 Å². The van der Waals surface area contributed by atoms with E-state index >= 15 is 0 Å². The minimum Gasteiger partial charge on any atom is -0.496 e. The molecule has 19 heavy (non-hydrogen) atoms. The highest BCUT2D eigenvalue weighted by atomic mass is 79.9. The first-order chi connectivity index (χ1) is 9.10. The van der Waals surface area contributed by atoms with Gasteiger partial charge in [0.1, 0.15) is 5.75 Å². The number of nitrogens with two attached hydrogens (primary N) is 1. The number of hydrogen-bond donors (Lipinski definition) is 2. The lowest BCUT2D eigenvalue weighted by atomic mass is 10.0. The fourth-order valence-corrected chi connectivity index (χ4v) is 2.38. The molecule has 0 spiro atoms. The van der Waals surface area contributed by atoms with Gasteiger partial charge < -0.3 is 9.47 Å². The molecule has 0 saturated carbocycles. The molecule has 0 bridgehead atoms. The summed E-state index contributed by atoms with van der Waals surface area (Å²) in [6.07, 6.45) is 3.01. The van der Waals surface area contributed by atoms with Gasteiger partial charge in [0.15, 0.2) is 0 Å². The molecule has 4 nitrogen and oxygen atoms in total. The molecule has 0 saturated heterocycles. The van der Waals surface area contributed by atoms with Gasteiger partial charge >= 0.3 is 0 Å². The van der Waals surface area contributed by atoms with Gasteiger partial charge in [-0.15, -0.1) is 0 Å². The van der Waals surface area contributed by atoms with Gasteiger partial charge in [-0.2, -0.15) is 0 Å². The Hall–Kier alpha value is -0.620. The van der Waals surface area contributed by atoms with Crippen molar-refractivity contribution in [3.05, 3.63) is 28.2 Å². The molecule has 0 amide bonds. The van der Waals surface area contributed by atoms with E-state index in [1.54, 1.807) is 14.2 Å². The first-order valence-electron chi connectivity index (χ1n) is 6.42. The van der Waals surface area contributed by atoms with Crippen LogP contribution in [0.2, 0.25) is 0 Å². The van der Waals surface area contributed by atoms with Crippen molar-refractivity contribution in [1.29, 1.82) is 0 Å². The standard InChI is InChI=1S/C14H23BrN2O2/c1-10(18-2)4-6-13(17-16)9-11-8-12(15)5-7-14(11)19-3/h5,7-8,10,13,17H,4,6,9,16H2,1-3H3. The number of nitrogens with one attached hydrogen (secondary N) is 1. The third-order valence-electron chi connectivity index (χ3n) is 3.27. The summed E-state index contributed by atoms with van der Waals surface area (Å²) in [5.74, 6) is 6.53. The van der Waals surface area contributed by atoms with E-state index in [4.69, 9.17) is 15.3 Å². The monoisotopic (exact) mass is 330 g/mol. The number of methoxy groups -OCH3 is 2. The van der Waals surface area contributed by atoms with Gasteiger partial charge in [0.2, 0.25) is 0 Å². The lowest BCUT2D eigenvalue weighted by Gasteiger charge is -2.19. The van der Waals surface area contributed by atoms with Crippen LogP contribution in [0.3, 0.4) is 0 Å². The molecule has 2 unspecified atom stereocenters. The van der Waals surface area contributed by atoms with Crippen LogP contribution in [0.4, 0.5) is 0 Å². The van der Waals surface area contributed by atoms with Crippen molar-refractivity contribution in [2.24, 2.45) is 5.84 Å². The van der Waals surface area contributed by atoms with E-state index in [1.165, 1.54) is 0 Å². The van der Waals surface area contributed by atoms with Crippen molar-refractivity contribution in [2.75, 3.05) is 14.2 Å². The Balaban J connectivity index is 2.66. The second kappa shape index (κ2) is 8.53. The molecule has 0 fully saturated rings. The summed E-state index contributed by atoms with van der Waals surface area (Å²) in [4.78, 5) is 0. The molecule has 0 aliphatic rings. The summed E-state index contributed by atoms with van der Waals surface area (Å²) in [7, 11) is 3.41. The molecule has 2 atom stereocenters. The number of ether oxygens (including phenoxy) is 2. The Morgan fingerprint density at radius 2 is 2.05 bits per heavy atom. The van der Waals surface area contributed by atoms with Gasteiger partial charge in [0, 0.05) is 17.6 Å². The summed E-state index contributed by atoms with van der Waals surface area (Å²) >= 11 is 3.48. The van der Waals surface area contributed by atoms with Crippen LogP contribution >= 0.6 is 15.9 Å². The first kappa shape index (κ1) is 16.4. The lowest BCUT2D eigenvalue weighted by molar-refractivity contribution is 0.106. The van der Waals surface area contributed by atoms with E-state index in [9.17, 15) is 0 Å². The van der Waals surface area contributed by atoms with Gasteiger partial charge in [0.25, 0.3) is 0 Å². The van der Waals surface area contributed by atoms with Crippen LogP contribution in [0.5, 0.6) is 5.75 Å². The molecule has 5 heteroatoms. The summed E-state index contributed by atoms with van der Waals surface area (Å²) in [6, 6.07) is 6.22. The zero-order valence-electron chi connectivity index (χ0n) is 11.8. The molecule has 1 rings (SSSR count). The Morgan fingerprint density at radius 1 is 1.32 bits per heavy atom. The maximum atomic E-state index is 5.63. The molecule has 3 N–H and O–H groups in total. The maximum absolute atomic E-state index is 5.63. The molecule has 0 aromatic heterocycles. The quantitative estimate of drug-likeness (QED) is 0.568. The third kappa shape index (κ3) is 5.48. The highest BCUT2D eigenvalue weighted by Crippen LogP contribution is 2.25. The lowest BCUT2D eigenvalue weighted by Crippen LogP contribution is -2.37. The molecular weight excluding hydrogens is 308 g/mol. The van der Waals surface area contributed by atoms with Crippen LogP contribution < -0.4 is 16.0 Å². The minimum absolute atomic E-state index is 0.209. The predicted octanol–water partition coefficient (Wildman–Crippen LogP) is 2.65. The molecule has 0 aliphatic carbocycles. The third-order valence-corrected chi connectivity index (χ3v) is 3.76. The normalized spacial score (nSPS) is 14.2. The Bertz CT molecular complexity index is 388. The SMILES string of the molecule is COc1ccc(Br)cc1CC(CCC(C)OC)NN. The molecule has 0 aliphatic heterocycles. The van der Waals surface area contributed by atoms with Gasteiger partial charge in [-0.3, -0.25) is 11.3 Å². The van der Waals surface area contributed by atoms with E-state index in [-0.39, 0.29) is 12.1 Å². The van der Waals surface area contributed by atoms with Crippen molar-refractivity contribution < 1.29 is 9.47 Å². The van der Waals surface area contributed by atoms with E-state index in [1.807, 2.05) is 12.1 Å². The summed E-state index contributed by atoms with van der Waals surface area (Å²) in [5, 5.41) is 0. The molecule has 1 aromatic rings. The number of benzene rings is 1. The zero-order valence-corrected chi connectivity index (χ0v) is 13.4. The average Bonchev–Trinajstić information content (AvgIpc) is 2.43. The smallest absolute Gasteiger partial charge is 0.122 e. The topological polar surface area (TPSA) is 56.5 Å². The largest absolute Gasteiger partial charge is 0.496 e. The van der Waals surface area contributed by atoms with Crippen molar-refractivity contribution in [2.45, 2.75) is 38.3 Å². The highest BCUT2D eigenvalue weighted by Gasteiger charge is 2.13. The number of hydrogen-bond acceptors (Lipinski definition) is 4. The first-order valence-corrected chi connectivity index (χ1v) is 7.21. The fraction of sp³-hybridized carbons (Fsp3) is 0.571. The summed E-state index contributed by atoms with van der Waals surface area (Å²) in [6.45, 7) is 2.06.